The standard InChI is InChI=1S/C15H25N3O3S.ClH/c1-5-12(2)17-22(20,21)14-8-6-13(7-9-14)15(19)18(4)11-10-16-3;/h6-9,12,16-17H,5,10-11H2,1-4H3;1H. The molecule has 0 fully saturated rings. The molecule has 0 aliphatic carbocycles. The van der Waals surface area contributed by atoms with Crippen molar-refractivity contribution in [3.8, 4) is 0 Å². The van der Waals surface area contributed by atoms with E-state index in [4.69, 9.17) is 0 Å². The van der Waals surface area contributed by atoms with Crippen LogP contribution in [0.1, 0.15) is 30.6 Å². The van der Waals surface area contributed by atoms with Gasteiger partial charge in [0.1, 0.15) is 0 Å². The summed E-state index contributed by atoms with van der Waals surface area (Å²) < 4.78 is 26.9. The number of rotatable bonds is 8. The third-order valence-electron chi connectivity index (χ3n) is 3.42. The molecule has 0 spiro atoms. The van der Waals surface area contributed by atoms with Gasteiger partial charge in [-0.1, -0.05) is 6.92 Å². The molecule has 23 heavy (non-hydrogen) atoms. The van der Waals surface area contributed by atoms with E-state index in [2.05, 4.69) is 10.0 Å². The van der Waals surface area contributed by atoms with E-state index in [1.807, 2.05) is 20.9 Å². The number of likely N-dealkylation sites (N-methyl/N-ethyl adjacent to an activating group) is 2. The van der Waals surface area contributed by atoms with E-state index < -0.39 is 10.0 Å². The first-order valence-corrected chi connectivity index (χ1v) is 8.82. The van der Waals surface area contributed by atoms with Crippen LogP contribution >= 0.6 is 12.4 Å². The highest BCUT2D eigenvalue weighted by atomic mass is 35.5. The van der Waals surface area contributed by atoms with Crippen LogP contribution in [0.15, 0.2) is 29.2 Å². The molecular weight excluding hydrogens is 338 g/mol. The molecule has 0 radical (unpaired) electrons. The number of halogens is 1. The fourth-order valence-electron chi connectivity index (χ4n) is 1.79. The summed E-state index contributed by atoms with van der Waals surface area (Å²) in [5.41, 5.74) is 0.473. The van der Waals surface area contributed by atoms with Crippen LogP contribution in [0.4, 0.5) is 0 Å². The third kappa shape index (κ3) is 6.47. The van der Waals surface area contributed by atoms with Gasteiger partial charge in [0, 0.05) is 31.7 Å². The zero-order valence-corrected chi connectivity index (χ0v) is 15.6. The lowest BCUT2D eigenvalue weighted by molar-refractivity contribution is 0.0796. The number of carbonyl (C=O) groups excluding carboxylic acids is 1. The van der Waals surface area contributed by atoms with Crippen LogP contribution in [0.2, 0.25) is 0 Å². The van der Waals surface area contributed by atoms with E-state index in [0.29, 0.717) is 25.1 Å². The van der Waals surface area contributed by atoms with E-state index in [1.54, 1.807) is 24.1 Å². The summed E-state index contributed by atoms with van der Waals surface area (Å²) in [6.45, 7) is 5.01. The Balaban J connectivity index is 0.00000484. The summed E-state index contributed by atoms with van der Waals surface area (Å²) in [5, 5.41) is 2.98. The van der Waals surface area contributed by atoms with Gasteiger partial charge in [-0.05, 0) is 44.7 Å². The predicted molar refractivity (Wildman–Crippen MR) is 94.7 cm³/mol. The fourth-order valence-corrected chi connectivity index (χ4v) is 3.12. The average molecular weight is 364 g/mol. The quantitative estimate of drug-likeness (QED) is 0.733. The first-order chi connectivity index (χ1) is 10.3. The molecule has 0 saturated heterocycles. The predicted octanol–water partition coefficient (Wildman–Crippen LogP) is 1.48. The van der Waals surface area contributed by atoms with Crippen LogP contribution in [0, 0.1) is 0 Å². The molecular formula is C15H26ClN3O3S. The number of sulfonamides is 1. The monoisotopic (exact) mass is 363 g/mol. The molecule has 1 aromatic rings. The van der Waals surface area contributed by atoms with Crippen LogP contribution in [-0.2, 0) is 10.0 Å². The molecule has 1 aromatic carbocycles. The second kappa shape index (κ2) is 9.87. The molecule has 8 heteroatoms. The van der Waals surface area contributed by atoms with Gasteiger partial charge in [-0.2, -0.15) is 0 Å². The minimum atomic E-state index is -3.53. The van der Waals surface area contributed by atoms with Crippen LogP contribution in [-0.4, -0.2) is 52.5 Å². The highest BCUT2D eigenvalue weighted by Gasteiger charge is 2.18. The van der Waals surface area contributed by atoms with Crippen molar-refractivity contribution in [1.29, 1.82) is 0 Å². The van der Waals surface area contributed by atoms with Crippen LogP contribution in [0.3, 0.4) is 0 Å². The molecule has 0 aromatic heterocycles. The topological polar surface area (TPSA) is 78.5 Å². The highest BCUT2D eigenvalue weighted by molar-refractivity contribution is 7.89. The second-order valence-corrected chi connectivity index (χ2v) is 7.00. The maximum Gasteiger partial charge on any atom is 0.253 e. The zero-order valence-electron chi connectivity index (χ0n) is 14.0. The van der Waals surface area contributed by atoms with Crippen molar-refractivity contribution in [2.75, 3.05) is 27.2 Å². The van der Waals surface area contributed by atoms with E-state index >= 15 is 0 Å². The SMILES string of the molecule is CCC(C)NS(=O)(=O)c1ccc(C(=O)N(C)CCNC)cc1.Cl. The van der Waals surface area contributed by atoms with Gasteiger partial charge in [0.15, 0.2) is 0 Å². The molecule has 1 rings (SSSR count). The Morgan fingerprint density at radius 3 is 2.30 bits per heavy atom. The smallest absolute Gasteiger partial charge is 0.253 e. The summed E-state index contributed by atoms with van der Waals surface area (Å²) in [6.07, 6.45) is 0.714. The molecule has 1 atom stereocenters. The highest BCUT2D eigenvalue weighted by Crippen LogP contribution is 2.13. The van der Waals surface area contributed by atoms with Gasteiger partial charge in [-0.15, -0.1) is 12.4 Å². The summed E-state index contributed by atoms with van der Waals surface area (Å²) in [7, 11) is 0.00536. The van der Waals surface area contributed by atoms with Crippen molar-refractivity contribution >= 4 is 28.3 Å². The molecule has 0 aliphatic rings. The van der Waals surface area contributed by atoms with Crippen molar-refractivity contribution < 1.29 is 13.2 Å². The van der Waals surface area contributed by atoms with E-state index in [-0.39, 0.29) is 29.3 Å². The van der Waals surface area contributed by atoms with Gasteiger partial charge in [0.2, 0.25) is 10.0 Å². The van der Waals surface area contributed by atoms with Gasteiger partial charge in [0.25, 0.3) is 5.91 Å². The maximum atomic E-state index is 12.2. The Labute approximate surface area is 145 Å². The summed E-state index contributed by atoms with van der Waals surface area (Å²) >= 11 is 0. The molecule has 0 aliphatic heterocycles. The van der Waals surface area contributed by atoms with Gasteiger partial charge >= 0.3 is 0 Å². The molecule has 6 nitrogen and oxygen atoms in total. The Morgan fingerprint density at radius 1 is 1.26 bits per heavy atom. The number of hydrogen-bond acceptors (Lipinski definition) is 4. The summed E-state index contributed by atoms with van der Waals surface area (Å²) in [6, 6.07) is 5.89. The van der Waals surface area contributed by atoms with Gasteiger partial charge < -0.3 is 10.2 Å². The molecule has 1 amide bonds. The summed E-state index contributed by atoms with van der Waals surface area (Å²) in [4.78, 5) is 13.9. The van der Waals surface area contributed by atoms with Crippen molar-refractivity contribution in [2.24, 2.45) is 0 Å². The first-order valence-electron chi connectivity index (χ1n) is 7.34. The molecule has 132 valence electrons. The Morgan fingerprint density at radius 2 is 1.83 bits per heavy atom. The van der Waals surface area contributed by atoms with Gasteiger partial charge in [0.05, 0.1) is 4.90 Å². The molecule has 0 saturated carbocycles. The van der Waals surface area contributed by atoms with E-state index in [0.717, 1.165) is 0 Å². The normalized spacial score (nSPS) is 12.3. The lowest BCUT2D eigenvalue weighted by atomic mass is 10.2. The second-order valence-electron chi connectivity index (χ2n) is 5.29. The van der Waals surface area contributed by atoms with Crippen molar-refractivity contribution in [3.05, 3.63) is 29.8 Å². The van der Waals surface area contributed by atoms with Crippen molar-refractivity contribution in [2.45, 2.75) is 31.2 Å². The summed E-state index contributed by atoms with van der Waals surface area (Å²) in [5.74, 6) is -0.130. The Hall–Kier alpha value is -1.15. The zero-order chi connectivity index (χ0) is 16.8. The molecule has 1 unspecified atom stereocenters. The van der Waals surface area contributed by atoms with E-state index in [9.17, 15) is 13.2 Å². The maximum absolute atomic E-state index is 12.2. The number of carbonyl (C=O) groups is 1. The van der Waals surface area contributed by atoms with Crippen LogP contribution in [0.25, 0.3) is 0 Å². The van der Waals surface area contributed by atoms with Gasteiger partial charge in [-0.3, -0.25) is 4.79 Å². The van der Waals surface area contributed by atoms with Crippen LogP contribution < -0.4 is 10.0 Å². The lowest BCUT2D eigenvalue weighted by Crippen LogP contribution is -2.33. The number of hydrogen-bond donors (Lipinski definition) is 2. The number of nitrogens with one attached hydrogen (secondary N) is 2. The lowest BCUT2D eigenvalue weighted by Gasteiger charge is -2.17. The fraction of sp³-hybridized carbons (Fsp3) is 0.533. The number of benzene rings is 1. The minimum Gasteiger partial charge on any atom is -0.340 e. The van der Waals surface area contributed by atoms with E-state index in [1.165, 1.54) is 12.1 Å². The molecule has 0 bridgehead atoms. The first kappa shape index (κ1) is 21.9. The van der Waals surface area contributed by atoms with Crippen LogP contribution in [0.5, 0.6) is 0 Å². The van der Waals surface area contributed by atoms with Gasteiger partial charge in [-0.25, -0.2) is 13.1 Å². The third-order valence-corrected chi connectivity index (χ3v) is 5.03. The average Bonchev–Trinajstić information content (AvgIpc) is 2.51. The molecule has 0 heterocycles. The number of amides is 1. The van der Waals surface area contributed by atoms with Crippen molar-refractivity contribution in [3.63, 3.8) is 0 Å². The number of nitrogens with zero attached hydrogens (tertiary/aromatic N) is 1. The van der Waals surface area contributed by atoms with Crippen molar-refractivity contribution in [1.82, 2.24) is 14.9 Å². The molecule has 2 N–H and O–H groups in total. The Bertz CT molecular complexity index is 590. The largest absolute Gasteiger partial charge is 0.340 e. The Kier molecular flexibility index (Phi) is 9.38. The minimum absolute atomic E-state index is 0.